The summed E-state index contributed by atoms with van der Waals surface area (Å²) in [6.45, 7) is 0.604. The van der Waals surface area contributed by atoms with Crippen LogP contribution in [0.3, 0.4) is 0 Å². The van der Waals surface area contributed by atoms with Crippen LogP contribution in [0.15, 0.2) is 40.2 Å². The summed E-state index contributed by atoms with van der Waals surface area (Å²) in [6, 6.07) is 9.20. The predicted octanol–water partition coefficient (Wildman–Crippen LogP) is 4.32. The second-order valence-corrected chi connectivity index (χ2v) is 8.36. The molecule has 3 heterocycles. The summed E-state index contributed by atoms with van der Waals surface area (Å²) >= 11 is 3.20. The molecule has 0 bridgehead atoms. The van der Waals surface area contributed by atoms with Gasteiger partial charge in [-0.1, -0.05) is 11.2 Å². The summed E-state index contributed by atoms with van der Waals surface area (Å²) in [6.07, 6.45) is 0. The van der Waals surface area contributed by atoms with Gasteiger partial charge < -0.3 is 23.6 Å². The maximum absolute atomic E-state index is 13.2. The first-order chi connectivity index (χ1) is 14.2. The molecule has 2 aromatic heterocycles. The van der Waals surface area contributed by atoms with E-state index in [1.54, 1.807) is 50.1 Å². The molecule has 1 fully saturated rings. The van der Waals surface area contributed by atoms with Gasteiger partial charge in [-0.25, -0.2) is 0 Å². The van der Waals surface area contributed by atoms with Crippen LogP contribution in [-0.2, 0) is 0 Å². The minimum atomic E-state index is -0.223. The first-order valence-corrected chi connectivity index (χ1v) is 10.8. The number of aromatic nitrogens is 1. The molecule has 1 amide bonds. The fraction of sp³-hybridized carbons (Fsp3) is 0.300. The van der Waals surface area contributed by atoms with Crippen LogP contribution in [0.2, 0.25) is 0 Å². The van der Waals surface area contributed by atoms with E-state index in [-0.39, 0.29) is 11.3 Å². The highest BCUT2D eigenvalue weighted by atomic mass is 32.2. The van der Waals surface area contributed by atoms with Crippen LogP contribution in [0.1, 0.15) is 21.4 Å². The Morgan fingerprint density at radius 3 is 2.59 bits per heavy atom. The van der Waals surface area contributed by atoms with Crippen molar-refractivity contribution in [3.63, 3.8) is 0 Å². The molecule has 4 rings (SSSR count). The van der Waals surface area contributed by atoms with Gasteiger partial charge in [0.2, 0.25) is 0 Å². The zero-order valence-electron chi connectivity index (χ0n) is 16.2. The van der Waals surface area contributed by atoms with Crippen LogP contribution < -0.4 is 14.2 Å². The van der Waals surface area contributed by atoms with Crippen molar-refractivity contribution in [3.05, 3.63) is 47.0 Å². The lowest BCUT2D eigenvalue weighted by Gasteiger charge is -2.25. The fourth-order valence-electron chi connectivity index (χ4n) is 3.24. The van der Waals surface area contributed by atoms with E-state index in [1.807, 2.05) is 23.6 Å². The first kappa shape index (κ1) is 19.7. The molecular formula is C20H20N2O5S2. The topological polar surface area (TPSA) is 74.0 Å². The zero-order valence-corrected chi connectivity index (χ0v) is 17.8. The Morgan fingerprint density at radius 2 is 1.90 bits per heavy atom. The molecule has 0 aliphatic carbocycles. The van der Waals surface area contributed by atoms with Crippen molar-refractivity contribution >= 4 is 29.0 Å². The van der Waals surface area contributed by atoms with Gasteiger partial charge in [-0.15, -0.1) is 23.1 Å². The summed E-state index contributed by atoms with van der Waals surface area (Å²) in [5, 5.41) is 5.73. The summed E-state index contributed by atoms with van der Waals surface area (Å²) in [4.78, 5) is 15.9. The van der Waals surface area contributed by atoms with E-state index in [0.717, 1.165) is 16.2 Å². The molecule has 1 aliphatic rings. The molecule has 0 radical (unpaired) electrons. The number of benzene rings is 1. The molecule has 7 nitrogen and oxygen atoms in total. The molecule has 1 aliphatic heterocycles. The quantitative estimate of drug-likeness (QED) is 0.574. The number of thiophene rings is 1. The SMILES string of the molecule is COc1cc(OC)c(C2SCCN2C(=O)c2cc(-c3cccs3)on2)cc1OC. The number of ether oxygens (including phenoxy) is 3. The minimum Gasteiger partial charge on any atom is -0.496 e. The van der Waals surface area contributed by atoms with Gasteiger partial charge in [0.15, 0.2) is 23.0 Å². The van der Waals surface area contributed by atoms with Crippen molar-refractivity contribution in [3.8, 4) is 27.9 Å². The molecule has 29 heavy (non-hydrogen) atoms. The summed E-state index contributed by atoms with van der Waals surface area (Å²) in [5.74, 6) is 3.03. The Hall–Kier alpha value is -2.65. The van der Waals surface area contributed by atoms with Gasteiger partial charge in [0.05, 0.1) is 26.2 Å². The van der Waals surface area contributed by atoms with Crippen LogP contribution in [0, 0.1) is 0 Å². The van der Waals surface area contributed by atoms with E-state index in [2.05, 4.69) is 5.16 Å². The molecule has 9 heteroatoms. The first-order valence-electron chi connectivity index (χ1n) is 8.89. The molecule has 1 aromatic carbocycles. The average Bonchev–Trinajstić information content (AvgIpc) is 3.52. The standard InChI is InChI=1S/C20H20N2O5S2/c1-24-14-11-16(26-3)15(25-2)9-12(14)20-22(6-8-29-20)19(23)13-10-17(27-21-13)18-5-4-7-28-18/h4-5,7,9-11,20H,6,8H2,1-3H3. The highest BCUT2D eigenvalue weighted by molar-refractivity contribution is 7.99. The highest BCUT2D eigenvalue weighted by Gasteiger charge is 2.35. The molecule has 0 saturated carbocycles. The third-order valence-electron chi connectivity index (χ3n) is 4.65. The molecule has 152 valence electrons. The Labute approximate surface area is 176 Å². The lowest BCUT2D eigenvalue weighted by Crippen LogP contribution is -2.30. The van der Waals surface area contributed by atoms with Crippen molar-refractivity contribution in [2.45, 2.75) is 5.37 Å². The van der Waals surface area contributed by atoms with Crippen molar-refractivity contribution in [2.75, 3.05) is 33.6 Å². The maximum Gasteiger partial charge on any atom is 0.277 e. The Bertz CT molecular complexity index is 1000. The Balaban J connectivity index is 1.65. The van der Waals surface area contributed by atoms with Crippen LogP contribution in [0.4, 0.5) is 0 Å². The molecule has 1 unspecified atom stereocenters. The number of carbonyl (C=O) groups is 1. The maximum atomic E-state index is 13.2. The molecule has 0 N–H and O–H groups in total. The van der Waals surface area contributed by atoms with Crippen molar-refractivity contribution in [2.24, 2.45) is 0 Å². The van der Waals surface area contributed by atoms with E-state index >= 15 is 0 Å². The second kappa shape index (κ2) is 8.38. The van der Waals surface area contributed by atoms with Gasteiger partial charge >= 0.3 is 0 Å². The molecule has 1 saturated heterocycles. The van der Waals surface area contributed by atoms with E-state index in [1.165, 1.54) is 11.3 Å². The molecular weight excluding hydrogens is 412 g/mol. The van der Waals surface area contributed by atoms with Crippen molar-refractivity contribution in [1.82, 2.24) is 10.1 Å². The Kier molecular flexibility index (Phi) is 5.68. The monoisotopic (exact) mass is 432 g/mol. The predicted molar refractivity (Wildman–Crippen MR) is 112 cm³/mol. The largest absolute Gasteiger partial charge is 0.496 e. The summed E-state index contributed by atoms with van der Waals surface area (Å²) in [5.41, 5.74) is 1.14. The number of nitrogens with zero attached hydrogens (tertiary/aromatic N) is 2. The molecule has 0 spiro atoms. The van der Waals surface area contributed by atoms with Gasteiger partial charge in [-0.05, 0) is 17.5 Å². The Morgan fingerprint density at radius 1 is 1.14 bits per heavy atom. The third-order valence-corrected chi connectivity index (χ3v) is 6.77. The van der Waals surface area contributed by atoms with Gasteiger partial charge in [0.1, 0.15) is 11.1 Å². The number of hydrogen-bond donors (Lipinski definition) is 0. The fourth-order valence-corrected chi connectivity index (χ4v) is 5.18. The molecule has 1 atom stereocenters. The number of hydrogen-bond acceptors (Lipinski definition) is 8. The minimum absolute atomic E-state index is 0.177. The zero-order chi connectivity index (χ0) is 20.4. The van der Waals surface area contributed by atoms with Gasteiger partial charge in [0.25, 0.3) is 5.91 Å². The van der Waals surface area contributed by atoms with Crippen LogP contribution in [0.25, 0.3) is 10.6 Å². The van der Waals surface area contributed by atoms with Crippen molar-refractivity contribution in [1.29, 1.82) is 0 Å². The van der Waals surface area contributed by atoms with Gasteiger partial charge in [-0.3, -0.25) is 4.79 Å². The smallest absolute Gasteiger partial charge is 0.277 e. The van der Waals surface area contributed by atoms with Gasteiger partial charge in [0, 0.05) is 30.0 Å². The van der Waals surface area contributed by atoms with E-state index < -0.39 is 0 Å². The molecule has 3 aromatic rings. The van der Waals surface area contributed by atoms with E-state index in [0.29, 0.717) is 35.2 Å². The number of thioether (sulfide) groups is 1. The third kappa shape index (κ3) is 3.67. The number of methoxy groups -OCH3 is 3. The number of carbonyl (C=O) groups excluding carboxylic acids is 1. The summed E-state index contributed by atoms with van der Waals surface area (Å²) in [7, 11) is 4.76. The van der Waals surface area contributed by atoms with Gasteiger partial charge in [-0.2, -0.15) is 0 Å². The number of amides is 1. The van der Waals surface area contributed by atoms with E-state index in [9.17, 15) is 4.79 Å². The lowest BCUT2D eigenvalue weighted by molar-refractivity contribution is 0.0748. The van der Waals surface area contributed by atoms with Crippen LogP contribution in [-0.4, -0.2) is 49.6 Å². The summed E-state index contributed by atoms with van der Waals surface area (Å²) < 4.78 is 21.8. The number of rotatable bonds is 6. The average molecular weight is 433 g/mol. The highest BCUT2D eigenvalue weighted by Crippen LogP contribution is 2.46. The van der Waals surface area contributed by atoms with E-state index in [4.69, 9.17) is 18.7 Å². The van der Waals surface area contributed by atoms with Crippen molar-refractivity contribution < 1.29 is 23.5 Å². The second-order valence-electron chi connectivity index (χ2n) is 6.22. The lowest BCUT2D eigenvalue weighted by atomic mass is 10.1. The normalized spacial score (nSPS) is 16.1. The van der Waals surface area contributed by atoms with Crippen LogP contribution >= 0.6 is 23.1 Å². The van der Waals surface area contributed by atoms with Crippen LogP contribution in [0.5, 0.6) is 17.2 Å².